The van der Waals surface area contributed by atoms with Crippen molar-refractivity contribution in [2.45, 2.75) is 32.6 Å². The standard InChI is InChI=1S/C14H17FN2/c1-14(6-2-3-7-14)10-17-13-5-4-11(9-16)8-12(13)15/h4-5,8,17H,2-3,6-7,10H2,1H3. The average Bonchev–Trinajstić information content (AvgIpc) is 2.75. The minimum atomic E-state index is -0.342. The molecule has 1 aromatic rings. The lowest BCUT2D eigenvalue weighted by Crippen LogP contribution is -2.23. The van der Waals surface area contributed by atoms with Crippen molar-refractivity contribution in [3.63, 3.8) is 0 Å². The molecule has 0 saturated heterocycles. The van der Waals surface area contributed by atoms with Gasteiger partial charge in [0, 0.05) is 6.54 Å². The van der Waals surface area contributed by atoms with E-state index >= 15 is 0 Å². The number of rotatable bonds is 3. The SMILES string of the molecule is CC1(CNc2ccc(C#N)cc2F)CCCC1. The summed E-state index contributed by atoms with van der Waals surface area (Å²) in [6.07, 6.45) is 4.96. The van der Waals surface area contributed by atoms with Gasteiger partial charge >= 0.3 is 0 Å². The Bertz CT molecular complexity index is 442. The van der Waals surface area contributed by atoms with Crippen LogP contribution in [0.25, 0.3) is 0 Å². The number of nitrogens with one attached hydrogen (secondary N) is 1. The fraction of sp³-hybridized carbons (Fsp3) is 0.500. The van der Waals surface area contributed by atoms with Gasteiger partial charge in [0.05, 0.1) is 17.3 Å². The van der Waals surface area contributed by atoms with Crippen molar-refractivity contribution in [1.29, 1.82) is 5.26 Å². The molecule has 0 amide bonds. The topological polar surface area (TPSA) is 35.8 Å². The molecule has 2 nitrogen and oxygen atoms in total. The van der Waals surface area contributed by atoms with E-state index in [2.05, 4.69) is 12.2 Å². The Morgan fingerprint density at radius 1 is 1.41 bits per heavy atom. The summed E-state index contributed by atoms with van der Waals surface area (Å²) in [7, 11) is 0. The Labute approximate surface area is 101 Å². The van der Waals surface area contributed by atoms with E-state index < -0.39 is 0 Å². The zero-order chi connectivity index (χ0) is 12.3. The minimum absolute atomic E-state index is 0.292. The molecule has 0 heterocycles. The van der Waals surface area contributed by atoms with Crippen molar-refractivity contribution >= 4 is 5.69 Å². The third kappa shape index (κ3) is 2.76. The van der Waals surface area contributed by atoms with Crippen molar-refractivity contribution < 1.29 is 4.39 Å². The van der Waals surface area contributed by atoms with E-state index in [0.29, 0.717) is 16.7 Å². The molecule has 0 unspecified atom stereocenters. The monoisotopic (exact) mass is 232 g/mol. The number of halogens is 1. The first-order valence-electron chi connectivity index (χ1n) is 6.06. The van der Waals surface area contributed by atoms with E-state index in [9.17, 15) is 4.39 Å². The quantitative estimate of drug-likeness (QED) is 0.862. The average molecular weight is 232 g/mol. The summed E-state index contributed by atoms with van der Waals surface area (Å²) in [4.78, 5) is 0. The number of nitriles is 1. The number of anilines is 1. The third-order valence-corrected chi connectivity index (χ3v) is 3.61. The fourth-order valence-corrected chi connectivity index (χ4v) is 2.44. The van der Waals surface area contributed by atoms with Crippen LogP contribution in [0.5, 0.6) is 0 Å². The molecule has 90 valence electrons. The maximum atomic E-state index is 13.6. The number of nitrogens with zero attached hydrogens (tertiary/aromatic N) is 1. The van der Waals surface area contributed by atoms with Crippen LogP contribution in [0.4, 0.5) is 10.1 Å². The minimum Gasteiger partial charge on any atom is -0.382 e. The third-order valence-electron chi connectivity index (χ3n) is 3.61. The second kappa shape index (κ2) is 4.75. The first-order valence-corrected chi connectivity index (χ1v) is 6.06. The van der Waals surface area contributed by atoms with Gasteiger partial charge in [-0.05, 0) is 36.5 Å². The van der Waals surface area contributed by atoms with E-state index in [1.807, 2.05) is 6.07 Å². The van der Waals surface area contributed by atoms with Crippen molar-refractivity contribution in [2.24, 2.45) is 5.41 Å². The molecule has 0 spiro atoms. The van der Waals surface area contributed by atoms with E-state index in [1.54, 1.807) is 12.1 Å². The fourth-order valence-electron chi connectivity index (χ4n) is 2.44. The summed E-state index contributed by atoms with van der Waals surface area (Å²) < 4.78 is 13.6. The van der Waals surface area contributed by atoms with Gasteiger partial charge in [-0.2, -0.15) is 5.26 Å². The normalized spacial score (nSPS) is 17.7. The Kier molecular flexibility index (Phi) is 3.33. The molecule has 3 heteroatoms. The van der Waals surface area contributed by atoms with Gasteiger partial charge in [0.1, 0.15) is 5.82 Å². The molecule has 0 bridgehead atoms. The Balaban J connectivity index is 2.02. The Morgan fingerprint density at radius 2 is 2.12 bits per heavy atom. The molecular weight excluding hydrogens is 215 g/mol. The lowest BCUT2D eigenvalue weighted by Gasteiger charge is -2.24. The zero-order valence-electron chi connectivity index (χ0n) is 10.1. The maximum absolute atomic E-state index is 13.6. The molecule has 0 atom stereocenters. The van der Waals surface area contributed by atoms with E-state index in [1.165, 1.54) is 31.7 Å². The van der Waals surface area contributed by atoms with Gasteiger partial charge in [0.2, 0.25) is 0 Å². The molecule has 1 aliphatic rings. The number of hydrogen-bond donors (Lipinski definition) is 1. The van der Waals surface area contributed by atoms with Crippen LogP contribution in [-0.2, 0) is 0 Å². The predicted octanol–water partition coefficient (Wildman–Crippen LogP) is 3.69. The molecule has 0 aromatic heterocycles. The molecular formula is C14H17FN2. The van der Waals surface area contributed by atoms with Gasteiger partial charge in [-0.1, -0.05) is 19.8 Å². The molecule has 17 heavy (non-hydrogen) atoms. The van der Waals surface area contributed by atoms with Crippen LogP contribution in [0.1, 0.15) is 38.2 Å². The van der Waals surface area contributed by atoms with Crippen LogP contribution >= 0.6 is 0 Å². The molecule has 1 N–H and O–H groups in total. The predicted molar refractivity (Wildman–Crippen MR) is 66.2 cm³/mol. The van der Waals surface area contributed by atoms with Crippen LogP contribution in [0.2, 0.25) is 0 Å². The van der Waals surface area contributed by atoms with Gasteiger partial charge in [-0.3, -0.25) is 0 Å². The Hall–Kier alpha value is -1.56. The highest BCUT2D eigenvalue weighted by atomic mass is 19.1. The van der Waals surface area contributed by atoms with Crippen LogP contribution in [-0.4, -0.2) is 6.54 Å². The molecule has 1 saturated carbocycles. The molecule has 0 aliphatic heterocycles. The van der Waals surface area contributed by atoms with Gasteiger partial charge in [-0.15, -0.1) is 0 Å². The summed E-state index contributed by atoms with van der Waals surface area (Å²) in [6, 6.07) is 6.50. The summed E-state index contributed by atoms with van der Waals surface area (Å²) >= 11 is 0. The largest absolute Gasteiger partial charge is 0.382 e. The maximum Gasteiger partial charge on any atom is 0.147 e. The highest BCUT2D eigenvalue weighted by Crippen LogP contribution is 2.37. The summed E-state index contributed by atoms with van der Waals surface area (Å²) in [5, 5.41) is 11.8. The first kappa shape index (κ1) is 11.9. The summed E-state index contributed by atoms with van der Waals surface area (Å²) in [6.45, 7) is 3.05. The lowest BCUT2D eigenvalue weighted by molar-refractivity contribution is 0.361. The lowest BCUT2D eigenvalue weighted by atomic mass is 9.89. The second-order valence-electron chi connectivity index (χ2n) is 5.18. The van der Waals surface area contributed by atoms with Crippen LogP contribution < -0.4 is 5.32 Å². The van der Waals surface area contributed by atoms with Crippen LogP contribution in [0, 0.1) is 22.6 Å². The van der Waals surface area contributed by atoms with Crippen LogP contribution in [0.3, 0.4) is 0 Å². The van der Waals surface area contributed by atoms with Gasteiger partial charge in [0.15, 0.2) is 0 Å². The smallest absolute Gasteiger partial charge is 0.147 e. The van der Waals surface area contributed by atoms with Crippen LogP contribution in [0.15, 0.2) is 18.2 Å². The molecule has 2 rings (SSSR count). The first-order chi connectivity index (χ1) is 8.13. The molecule has 1 aromatic carbocycles. The Morgan fingerprint density at radius 3 is 2.71 bits per heavy atom. The molecule has 1 fully saturated rings. The molecule has 1 aliphatic carbocycles. The second-order valence-corrected chi connectivity index (χ2v) is 5.18. The van der Waals surface area contributed by atoms with Gasteiger partial charge in [0.25, 0.3) is 0 Å². The van der Waals surface area contributed by atoms with E-state index in [4.69, 9.17) is 5.26 Å². The highest BCUT2D eigenvalue weighted by Gasteiger charge is 2.28. The molecule has 0 radical (unpaired) electrons. The van der Waals surface area contributed by atoms with Crippen molar-refractivity contribution in [2.75, 3.05) is 11.9 Å². The zero-order valence-corrected chi connectivity index (χ0v) is 10.1. The van der Waals surface area contributed by atoms with Crippen molar-refractivity contribution in [3.05, 3.63) is 29.6 Å². The van der Waals surface area contributed by atoms with Gasteiger partial charge < -0.3 is 5.32 Å². The highest BCUT2D eigenvalue weighted by molar-refractivity contribution is 5.48. The van der Waals surface area contributed by atoms with Gasteiger partial charge in [-0.25, -0.2) is 4.39 Å². The van der Waals surface area contributed by atoms with Crippen molar-refractivity contribution in [1.82, 2.24) is 0 Å². The number of hydrogen-bond acceptors (Lipinski definition) is 2. The van der Waals surface area contributed by atoms with Crippen molar-refractivity contribution in [3.8, 4) is 6.07 Å². The van der Waals surface area contributed by atoms with E-state index in [-0.39, 0.29) is 5.82 Å². The summed E-state index contributed by atoms with van der Waals surface area (Å²) in [5.41, 5.74) is 1.15. The van der Waals surface area contributed by atoms with E-state index in [0.717, 1.165) is 6.54 Å². The summed E-state index contributed by atoms with van der Waals surface area (Å²) in [5.74, 6) is -0.342. The number of benzene rings is 1.